The van der Waals surface area contributed by atoms with Crippen LogP contribution in [-0.4, -0.2) is 64.4 Å². The van der Waals surface area contributed by atoms with Crippen LogP contribution >= 0.6 is 0 Å². The Morgan fingerprint density at radius 2 is 1.69 bits per heavy atom. The minimum absolute atomic E-state index is 0.0848. The van der Waals surface area contributed by atoms with Gasteiger partial charge in [-0.2, -0.15) is 0 Å². The molecular formula is C27H30N2O6. The number of hydrogen-bond acceptors (Lipinski definition) is 5. The zero-order chi connectivity index (χ0) is 24.6. The molecule has 3 aliphatic rings. The number of aliphatic carboxylic acids is 1. The number of nitrogens with zero attached hydrogens (tertiary/aromatic N) is 1. The summed E-state index contributed by atoms with van der Waals surface area (Å²) in [5.41, 5.74) is 2.52. The number of nitrogens with one attached hydrogen (secondary N) is 1. The van der Waals surface area contributed by atoms with Crippen molar-refractivity contribution >= 4 is 18.0 Å². The average molecular weight is 479 g/mol. The number of fused-ring (bicyclic) bond motifs is 3. The lowest BCUT2D eigenvalue weighted by Crippen LogP contribution is -2.58. The lowest BCUT2D eigenvalue weighted by atomic mass is 9.92. The number of carboxylic acid groups (broad SMARTS) is 1. The third-order valence-electron chi connectivity index (χ3n) is 7.38. The summed E-state index contributed by atoms with van der Waals surface area (Å²) < 4.78 is 5.62. The highest BCUT2D eigenvalue weighted by molar-refractivity contribution is 5.87. The van der Waals surface area contributed by atoms with Crippen LogP contribution in [0.3, 0.4) is 0 Å². The van der Waals surface area contributed by atoms with Crippen LogP contribution in [0.4, 0.5) is 4.79 Å². The SMILES string of the molecule is O=C(N[C@@H](CC1CC1)C(=O)N1CCCC(O)(C(=O)O)C1)OCC1c2ccccc2-c2ccccc21. The second kappa shape index (κ2) is 9.34. The Labute approximate surface area is 203 Å². The molecular weight excluding hydrogens is 448 g/mol. The number of amides is 2. The maximum absolute atomic E-state index is 13.2. The van der Waals surface area contributed by atoms with Gasteiger partial charge < -0.3 is 25.2 Å². The normalized spacial score (nSPS) is 22.1. The quantitative estimate of drug-likeness (QED) is 0.563. The fraction of sp³-hybridized carbons (Fsp3) is 0.444. The Hall–Kier alpha value is -3.39. The molecule has 2 aromatic rings. The van der Waals surface area contributed by atoms with Crippen LogP contribution < -0.4 is 5.32 Å². The zero-order valence-electron chi connectivity index (χ0n) is 19.5. The molecule has 2 aliphatic carbocycles. The fourth-order valence-electron chi connectivity index (χ4n) is 5.31. The number of likely N-dealkylation sites (tertiary alicyclic amines) is 1. The third kappa shape index (κ3) is 4.75. The lowest BCUT2D eigenvalue weighted by Gasteiger charge is -2.38. The van der Waals surface area contributed by atoms with Crippen molar-refractivity contribution in [3.05, 3.63) is 59.7 Å². The van der Waals surface area contributed by atoms with Crippen molar-refractivity contribution in [2.75, 3.05) is 19.7 Å². The van der Waals surface area contributed by atoms with Gasteiger partial charge in [-0.1, -0.05) is 61.4 Å². The van der Waals surface area contributed by atoms with Gasteiger partial charge in [0.15, 0.2) is 5.60 Å². The number of benzene rings is 2. The second-order valence-corrected chi connectivity index (χ2v) is 9.90. The molecule has 0 radical (unpaired) electrons. The summed E-state index contributed by atoms with van der Waals surface area (Å²) in [5.74, 6) is -1.44. The number of carbonyl (C=O) groups is 3. The summed E-state index contributed by atoms with van der Waals surface area (Å²) in [4.78, 5) is 38.9. The molecule has 2 aromatic carbocycles. The first-order valence-corrected chi connectivity index (χ1v) is 12.2. The van der Waals surface area contributed by atoms with Crippen LogP contribution in [0, 0.1) is 5.92 Å². The molecule has 2 amide bonds. The summed E-state index contributed by atoms with van der Waals surface area (Å²) >= 11 is 0. The van der Waals surface area contributed by atoms with Crippen molar-refractivity contribution < 1.29 is 29.3 Å². The summed E-state index contributed by atoms with van der Waals surface area (Å²) in [6.07, 6.45) is 2.28. The van der Waals surface area contributed by atoms with Gasteiger partial charge in [0.2, 0.25) is 5.91 Å². The Morgan fingerprint density at radius 1 is 1.06 bits per heavy atom. The van der Waals surface area contributed by atoms with E-state index in [-0.39, 0.29) is 31.4 Å². The van der Waals surface area contributed by atoms with E-state index >= 15 is 0 Å². The van der Waals surface area contributed by atoms with E-state index in [1.165, 1.54) is 4.90 Å². The van der Waals surface area contributed by atoms with Gasteiger partial charge in [0, 0.05) is 12.5 Å². The maximum Gasteiger partial charge on any atom is 0.407 e. The Kier molecular flexibility index (Phi) is 6.23. The van der Waals surface area contributed by atoms with Crippen LogP contribution in [0.2, 0.25) is 0 Å². The van der Waals surface area contributed by atoms with E-state index in [0.717, 1.165) is 35.1 Å². The van der Waals surface area contributed by atoms with Gasteiger partial charge in [-0.3, -0.25) is 4.79 Å². The molecule has 8 heteroatoms. The van der Waals surface area contributed by atoms with Crippen LogP contribution in [0.5, 0.6) is 0 Å². The number of alkyl carbamates (subject to hydrolysis) is 1. The number of hydrogen-bond donors (Lipinski definition) is 3. The standard InChI is InChI=1S/C27H30N2O6/c30-24(29-13-5-12-27(34,16-29)25(31)32)23(14-17-10-11-17)28-26(33)35-15-22-20-8-3-1-6-18(20)19-7-2-4-9-21(19)22/h1-4,6-9,17,22-23,34H,5,10-16H2,(H,28,33)(H,31,32)/t23-,27?/m0/s1. The highest BCUT2D eigenvalue weighted by atomic mass is 16.5. The molecule has 0 bridgehead atoms. The third-order valence-corrected chi connectivity index (χ3v) is 7.38. The van der Waals surface area contributed by atoms with Crippen molar-refractivity contribution in [3.8, 4) is 11.1 Å². The predicted molar refractivity (Wildman–Crippen MR) is 128 cm³/mol. The minimum atomic E-state index is -1.96. The van der Waals surface area contributed by atoms with E-state index in [2.05, 4.69) is 17.4 Å². The van der Waals surface area contributed by atoms with E-state index in [4.69, 9.17) is 4.74 Å². The van der Waals surface area contributed by atoms with Gasteiger partial charge in [-0.05, 0) is 47.4 Å². The number of piperidine rings is 1. The smallest absolute Gasteiger partial charge is 0.407 e. The number of aliphatic hydroxyl groups is 1. The van der Waals surface area contributed by atoms with Gasteiger partial charge in [0.05, 0.1) is 6.54 Å². The Bertz CT molecular complexity index is 1100. The topological polar surface area (TPSA) is 116 Å². The number of rotatable bonds is 7. The fourth-order valence-corrected chi connectivity index (χ4v) is 5.31. The molecule has 0 spiro atoms. The number of carbonyl (C=O) groups excluding carboxylic acids is 2. The Morgan fingerprint density at radius 3 is 2.29 bits per heavy atom. The van der Waals surface area contributed by atoms with Crippen LogP contribution in [0.1, 0.15) is 49.1 Å². The van der Waals surface area contributed by atoms with Crippen LogP contribution in [0.15, 0.2) is 48.5 Å². The molecule has 0 aromatic heterocycles. The van der Waals surface area contributed by atoms with Gasteiger partial charge >= 0.3 is 12.1 Å². The second-order valence-electron chi connectivity index (χ2n) is 9.90. The van der Waals surface area contributed by atoms with Gasteiger partial charge in [0.1, 0.15) is 12.6 Å². The molecule has 2 atom stereocenters. The average Bonchev–Trinajstić information content (AvgIpc) is 3.62. The maximum atomic E-state index is 13.2. The van der Waals surface area contributed by atoms with Crippen LogP contribution in [-0.2, 0) is 14.3 Å². The zero-order valence-corrected chi connectivity index (χ0v) is 19.5. The van der Waals surface area contributed by atoms with Gasteiger partial charge in [0.25, 0.3) is 0 Å². The van der Waals surface area contributed by atoms with Gasteiger partial charge in [-0.25, -0.2) is 9.59 Å². The van der Waals surface area contributed by atoms with E-state index in [0.29, 0.717) is 25.3 Å². The largest absolute Gasteiger partial charge is 0.479 e. The van der Waals surface area contributed by atoms with E-state index in [1.807, 2.05) is 36.4 Å². The van der Waals surface area contributed by atoms with Crippen molar-refractivity contribution in [3.63, 3.8) is 0 Å². The number of β-amino-alcohol motifs (C(OH)–C–C–N with tert-alkyl or cyclic N) is 1. The summed E-state index contributed by atoms with van der Waals surface area (Å²) in [7, 11) is 0. The minimum Gasteiger partial charge on any atom is -0.479 e. The molecule has 3 N–H and O–H groups in total. The molecule has 1 heterocycles. The lowest BCUT2D eigenvalue weighted by molar-refractivity contribution is -0.167. The number of ether oxygens (including phenoxy) is 1. The molecule has 1 unspecified atom stereocenters. The first-order chi connectivity index (χ1) is 16.9. The monoisotopic (exact) mass is 478 g/mol. The summed E-state index contributed by atoms with van der Waals surface area (Å²) in [6, 6.07) is 15.3. The summed E-state index contributed by atoms with van der Waals surface area (Å²) in [5, 5.41) is 22.5. The first-order valence-electron chi connectivity index (χ1n) is 12.2. The van der Waals surface area contributed by atoms with Crippen molar-refractivity contribution in [2.45, 2.75) is 49.7 Å². The molecule has 35 heavy (non-hydrogen) atoms. The molecule has 5 rings (SSSR count). The molecule has 1 aliphatic heterocycles. The Balaban J connectivity index is 1.25. The van der Waals surface area contributed by atoms with Gasteiger partial charge in [-0.15, -0.1) is 0 Å². The van der Waals surface area contributed by atoms with Crippen molar-refractivity contribution in [1.82, 2.24) is 10.2 Å². The first kappa shape index (κ1) is 23.4. The molecule has 1 saturated carbocycles. The van der Waals surface area contributed by atoms with Crippen LogP contribution in [0.25, 0.3) is 11.1 Å². The van der Waals surface area contributed by atoms with E-state index in [1.54, 1.807) is 0 Å². The van der Waals surface area contributed by atoms with Crippen molar-refractivity contribution in [1.29, 1.82) is 0 Å². The predicted octanol–water partition coefficient (Wildman–Crippen LogP) is 3.13. The molecule has 1 saturated heterocycles. The highest BCUT2D eigenvalue weighted by Crippen LogP contribution is 2.44. The molecule has 8 nitrogen and oxygen atoms in total. The molecule has 2 fully saturated rings. The number of carboxylic acids is 1. The van der Waals surface area contributed by atoms with E-state index in [9.17, 15) is 24.6 Å². The summed E-state index contributed by atoms with van der Waals surface area (Å²) in [6.45, 7) is 0.212. The molecule has 184 valence electrons. The van der Waals surface area contributed by atoms with E-state index < -0.39 is 23.7 Å². The van der Waals surface area contributed by atoms with Crippen molar-refractivity contribution in [2.24, 2.45) is 5.92 Å². The highest BCUT2D eigenvalue weighted by Gasteiger charge is 2.44.